The van der Waals surface area contributed by atoms with E-state index in [0.29, 0.717) is 34.5 Å². The van der Waals surface area contributed by atoms with Crippen molar-refractivity contribution in [3.05, 3.63) is 52.5 Å². The van der Waals surface area contributed by atoms with Crippen LogP contribution >= 0.6 is 11.6 Å². The van der Waals surface area contributed by atoms with Crippen LogP contribution < -0.4 is 9.47 Å². The number of benzene rings is 2. The number of methoxy groups -OCH3 is 1. The summed E-state index contributed by atoms with van der Waals surface area (Å²) in [6, 6.07) is 11.6. The minimum atomic E-state index is 0.401. The van der Waals surface area contributed by atoms with Gasteiger partial charge in [0.1, 0.15) is 6.61 Å². The Labute approximate surface area is 138 Å². The van der Waals surface area contributed by atoms with Gasteiger partial charge in [0.25, 0.3) is 0 Å². The Morgan fingerprint density at radius 3 is 2.61 bits per heavy atom. The molecule has 2 aromatic carbocycles. The standard InChI is InChI=1S/C16H15ClN4O2/c1-10-3-5-11(6-4-10)9-23-15-13(17)7-12(8-14(15)22-2)16-18-20-21-19-16/h3-8H,9H2,1-2H3,(H,18,19,20,21). The number of tetrazole rings is 1. The summed E-state index contributed by atoms with van der Waals surface area (Å²) in [6.45, 7) is 2.44. The first-order valence-electron chi connectivity index (χ1n) is 6.97. The van der Waals surface area contributed by atoms with Gasteiger partial charge in [-0.2, -0.15) is 5.21 Å². The van der Waals surface area contributed by atoms with E-state index in [1.165, 1.54) is 5.56 Å². The van der Waals surface area contributed by atoms with Gasteiger partial charge >= 0.3 is 0 Å². The monoisotopic (exact) mass is 330 g/mol. The number of aromatic amines is 1. The number of aromatic nitrogens is 4. The van der Waals surface area contributed by atoms with Crippen molar-refractivity contribution in [1.29, 1.82) is 0 Å². The zero-order chi connectivity index (χ0) is 16.2. The van der Waals surface area contributed by atoms with Crippen LogP contribution in [0.2, 0.25) is 5.02 Å². The number of rotatable bonds is 5. The molecule has 3 rings (SSSR count). The average Bonchev–Trinajstić information content (AvgIpc) is 3.09. The van der Waals surface area contributed by atoms with Gasteiger partial charge in [-0.25, -0.2) is 0 Å². The largest absolute Gasteiger partial charge is 0.493 e. The molecule has 6 nitrogen and oxygen atoms in total. The fourth-order valence-electron chi connectivity index (χ4n) is 2.11. The molecule has 0 aliphatic carbocycles. The molecule has 0 bridgehead atoms. The summed E-state index contributed by atoms with van der Waals surface area (Å²) in [6.07, 6.45) is 0. The quantitative estimate of drug-likeness (QED) is 0.776. The molecular weight excluding hydrogens is 316 g/mol. The fraction of sp³-hybridized carbons (Fsp3) is 0.188. The molecule has 0 unspecified atom stereocenters. The molecule has 118 valence electrons. The molecule has 1 aromatic heterocycles. The Kier molecular flexibility index (Phi) is 4.43. The molecular formula is C16H15ClN4O2. The minimum absolute atomic E-state index is 0.401. The zero-order valence-electron chi connectivity index (χ0n) is 12.7. The van der Waals surface area contributed by atoms with E-state index >= 15 is 0 Å². The summed E-state index contributed by atoms with van der Waals surface area (Å²) in [5, 5.41) is 14.2. The molecule has 1 heterocycles. The third-order valence-electron chi connectivity index (χ3n) is 3.34. The molecule has 0 saturated heterocycles. The highest BCUT2D eigenvalue weighted by Crippen LogP contribution is 2.39. The summed E-state index contributed by atoms with van der Waals surface area (Å²) < 4.78 is 11.2. The van der Waals surface area contributed by atoms with Gasteiger partial charge in [-0.15, -0.1) is 10.2 Å². The predicted octanol–water partition coefficient (Wildman–Crippen LogP) is 3.42. The van der Waals surface area contributed by atoms with Crippen LogP contribution in [-0.4, -0.2) is 27.7 Å². The number of nitrogens with one attached hydrogen (secondary N) is 1. The molecule has 0 fully saturated rings. The van der Waals surface area contributed by atoms with Gasteiger partial charge in [-0.05, 0) is 29.8 Å². The van der Waals surface area contributed by atoms with Crippen molar-refractivity contribution in [2.75, 3.05) is 7.11 Å². The first kappa shape index (κ1) is 15.3. The van der Waals surface area contributed by atoms with Crippen LogP contribution in [0.1, 0.15) is 11.1 Å². The second kappa shape index (κ2) is 6.66. The lowest BCUT2D eigenvalue weighted by molar-refractivity contribution is 0.285. The molecule has 0 atom stereocenters. The van der Waals surface area contributed by atoms with E-state index in [-0.39, 0.29) is 0 Å². The van der Waals surface area contributed by atoms with Crippen molar-refractivity contribution >= 4 is 11.6 Å². The topological polar surface area (TPSA) is 72.9 Å². The maximum atomic E-state index is 6.33. The lowest BCUT2D eigenvalue weighted by atomic mass is 10.1. The van der Waals surface area contributed by atoms with E-state index in [1.807, 2.05) is 31.2 Å². The Morgan fingerprint density at radius 1 is 1.17 bits per heavy atom. The molecule has 0 saturated carbocycles. The number of hydrogen-bond donors (Lipinski definition) is 1. The molecule has 0 aliphatic rings. The lowest BCUT2D eigenvalue weighted by Gasteiger charge is -2.13. The Hall–Kier alpha value is -2.60. The average molecular weight is 331 g/mol. The second-order valence-corrected chi connectivity index (χ2v) is 5.41. The number of halogens is 1. The molecule has 0 aliphatic heterocycles. The summed E-state index contributed by atoms with van der Waals surface area (Å²) in [7, 11) is 1.56. The predicted molar refractivity (Wildman–Crippen MR) is 86.7 cm³/mol. The molecule has 7 heteroatoms. The molecule has 0 radical (unpaired) electrons. The van der Waals surface area contributed by atoms with Crippen LogP contribution in [0.5, 0.6) is 11.5 Å². The number of ether oxygens (including phenoxy) is 2. The van der Waals surface area contributed by atoms with Crippen molar-refractivity contribution in [1.82, 2.24) is 20.6 Å². The zero-order valence-corrected chi connectivity index (χ0v) is 13.5. The molecule has 0 spiro atoms. The first-order valence-corrected chi connectivity index (χ1v) is 7.35. The summed E-state index contributed by atoms with van der Waals surface area (Å²) in [4.78, 5) is 0. The normalized spacial score (nSPS) is 10.6. The highest BCUT2D eigenvalue weighted by Gasteiger charge is 2.15. The van der Waals surface area contributed by atoms with Crippen molar-refractivity contribution < 1.29 is 9.47 Å². The van der Waals surface area contributed by atoms with Crippen LogP contribution in [-0.2, 0) is 6.61 Å². The highest BCUT2D eigenvalue weighted by atomic mass is 35.5. The van der Waals surface area contributed by atoms with Gasteiger partial charge in [-0.1, -0.05) is 41.4 Å². The van der Waals surface area contributed by atoms with Crippen LogP contribution in [0.4, 0.5) is 0 Å². The van der Waals surface area contributed by atoms with Crippen LogP contribution in [0.25, 0.3) is 11.4 Å². The van der Waals surface area contributed by atoms with Gasteiger partial charge in [0.2, 0.25) is 5.82 Å². The number of nitrogens with zero attached hydrogens (tertiary/aromatic N) is 3. The van der Waals surface area contributed by atoms with Crippen molar-refractivity contribution in [2.45, 2.75) is 13.5 Å². The third kappa shape index (κ3) is 3.43. The van der Waals surface area contributed by atoms with Gasteiger partial charge in [0.05, 0.1) is 12.1 Å². The third-order valence-corrected chi connectivity index (χ3v) is 3.62. The van der Waals surface area contributed by atoms with E-state index in [9.17, 15) is 0 Å². The summed E-state index contributed by atoms with van der Waals surface area (Å²) in [5.41, 5.74) is 2.95. The van der Waals surface area contributed by atoms with Gasteiger partial charge < -0.3 is 9.47 Å². The Morgan fingerprint density at radius 2 is 1.96 bits per heavy atom. The lowest BCUT2D eigenvalue weighted by Crippen LogP contribution is -1.99. The van der Waals surface area contributed by atoms with Crippen molar-refractivity contribution in [3.63, 3.8) is 0 Å². The molecule has 3 aromatic rings. The van der Waals surface area contributed by atoms with Crippen molar-refractivity contribution in [2.24, 2.45) is 0 Å². The number of hydrogen-bond acceptors (Lipinski definition) is 5. The minimum Gasteiger partial charge on any atom is -0.493 e. The molecule has 1 N–H and O–H groups in total. The summed E-state index contributed by atoms with van der Waals surface area (Å²) in [5.74, 6) is 1.45. The van der Waals surface area contributed by atoms with Gasteiger partial charge in [0, 0.05) is 5.56 Å². The maximum absolute atomic E-state index is 6.33. The number of H-pyrrole nitrogens is 1. The van der Waals surface area contributed by atoms with E-state index in [1.54, 1.807) is 19.2 Å². The van der Waals surface area contributed by atoms with Crippen LogP contribution in [0.15, 0.2) is 36.4 Å². The smallest absolute Gasteiger partial charge is 0.204 e. The fourth-order valence-corrected chi connectivity index (χ4v) is 2.38. The highest BCUT2D eigenvalue weighted by molar-refractivity contribution is 6.32. The maximum Gasteiger partial charge on any atom is 0.204 e. The molecule has 23 heavy (non-hydrogen) atoms. The van der Waals surface area contributed by atoms with Crippen molar-refractivity contribution in [3.8, 4) is 22.9 Å². The Balaban J connectivity index is 1.85. The van der Waals surface area contributed by atoms with E-state index in [0.717, 1.165) is 5.56 Å². The summed E-state index contributed by atoms with van der Waals surface area (Å²) >= 11 is 6.33. The molecule has 0 amide bonds. The van der Waals surface area contributed by atoms with Gasteiger partial charge in [-0.3, -0.25) is 0 Å². The van der Waals surface area contributed by atoms with E-state index < -0.39 is 0 Å². The van der Waals surface area contributed by atoms with Gasteiger partial charge in [0.15, 0.2) is 11.5 Å². The Bertz CT molecular complexity index is 789. The first-order chi connectivity index (χ1) is 11.2. The van der Waals surface area contributed by atoms with E-state index in [4.69, 9.17) is 21.1 Å². The SMILES string of the molecule is COc1cc(-c2nn[nH]n2)cc(Cl)c1OCc1ccc(C)cc1. The van der Waals surface area contributed by atoms with Crippen LogP contribution in [0, 0.1) is 6.92 Å². The van der Waals surface area contributed by atoms with E-state index in [2.05, 4.69) is 20.6 Å². The van der Waals surface area contributed by atoms with Crippen LogP contribution in [0.3, 0.4) is 0 Å². The second-order valence-electron chi connectivity index (χ2n) is 5.00. The number of aryl methyl sites for hydroxylation is 1.